The first-order valence-electron chi connectivity index (χ1n) is 6.54. The Morgan fingerprint density at radius 1 is 1.14 bits per heavy atom. The summed E-state index contributed by atoms with van der Waals surface area (Å²) in [5.74, 6) is -0.490. The molecule has 4 nitrogen and oxygen atoms in total. The van der Waals surface area contributed by atoms with Crippen LogP contribution < -0.4 is 10.5 Å². The summed E-state index contributed by atoms with van der Waals surface area (Å²) in [6, 6.07) is 14.5. The first-order chi connectivity index (χ1) is 10.6. The van der Waals surface area contributed by atoms with Gasteiger partial charge in [-0.2, -0.15) is 0 Å². The highest BCUT2D eigenvalue weighted by Crippen LogP contribution is 2.24. The van der Waals surface area contributed by atoms with E-state index in [1.807, 2.05) is 30.3 Å². The largest absolute Gasteiger partial charge is 0.483 e. The number of benzene rings is 2. The molecule has 5 heteroatoms. The van der Waals surface area contributed by atoms with Crippen LogP contribution in [-0.4, -0.2) is 18.3 Å². The number of hydrogen-bond donors (Lipinski definition) is 1. The van der Waals surface area contributed by atoms with Crippen LogP contribution in [0.3, 0.4) is 0 Å². The van der Waals surface area contributed by atoms with Gasteiger partial charge in [0.1, 0.15) is 5.75 Å². The van der Waals surface area contributed by atoms with Crippen LogP contribution in [0.5, 0.6) is 5.75 Å². The lowest BCUT2D eigenvalue weighted by molar-refractivity contribution is -0.119. The molecule has 0 spiro atoms. The van der Waals surface area contributed by atoms with Gasteiger partial charge in [-0.3, -0.25) is 9.59 Å². The minimum absolute atomic E-state index is 0.218. The maximum absolute atomic E-state index is 12.3. The molecule has 2 aromatic carbocycles. The van der Waals surface area contributed by atoms with Gasteiger partial charge in [0.15, 0.2) is 12.4 Å². The number of nitrogens with two attached hydrogens (primary N) is 1. The quantitative estimate of drug-likeness (QED) is 0.635. The number of carbonyl (C=O) groups is 2. The molecule has 0 saturated carbocycles. The Morgan fingerprint density at radius 3 is 2.55 bits per heavy atom. The summed E-state index contributed by atoms with van der Waals surface area (Å²) >= 11 is 3.32. The maximum Gasteiger partial charge on any atom is 0.255 e. The van der Waals surface area contributed by atoms with Crippen LogP contribution in [0.1, 0.15) is 15.9 Å². The van der Waals surface area contributed by atoms with Crippen molar-refractivity contribution in [3.63, 3.8) is 0 Å². The van der Waals surface area contributed by atoms with Crippen molar-refractivity contribution in [1.29, 1.82) is 0 Å². The van der Waals surface area contributed by atoms with E-state index in [1.165, 1.54) is 6.08 Å². The average molecular weight is 360 g/mol. The van der Waals surface area contributed by atoms with Crippen molar-refractivity contribution in [3.8, 4) is 5.75 Å². The number of halogens is 1. The molecule has 0 atom stereocenters. The molecule has 22 heavy (non-hydrogen) atoms. The number of hydrogen-bond acceptors (Lipinski definition) is 3. The smallest absolute Gasteiger partial charge is 0.255 e. The van der Waals surface area contributed by atoms with Gasteiger partial charge in [0.05, 0.1) is 5.56 Å². The maximum atomic E-state index is 12.3. The zero-order chi connectivity index (χ0) is 15.9. The Hall–Kier alpha value is -2.40. The van der Waals surface area contributed by atoms with Crippen molar-refractivity contribution >= 4 is 33.7 Å². The van der Waals surface area contributed by atoms with Crippen LogP contribution in [0.15, 0.2) is 59.1 Å². The molecule has 0 saturated heterocycles. The highest BCUT2D eigenvalue weighted by molar-refractivity contribution is 9.10. The van der Waals surface area contributed by atoms with E-state index in [-0.39, 0.29) is 12.4 Å². The van der Waals surface area contributed by atoms with Crippen LogP contribution in [0, 0.1) is 0 Å². The Labute approximate surface area is 136 Å². The van der Waals surface area contributed by atoms with Crippen LogP contribution >= 0.6 is 15.9 Å². The van der Waals surface area contributed by atoms with Gasteiger partial charge >= 0.3 is 0 Å². The van der Waals surface area contributed by atoms with Gasteiger partial charge < -0.3 is 10.5 Å². The number of ether oxygens (including phenoxy) is 1. The second-order valence-corrected chi connectivity index (χ2v) is 5.42. The van der Waals surface area contributed by atoms with Crippen molar-refractivity contribution in [2.24, 2.45) is 5.73 Å². The molecular weight excluding hydrogens is 346 g/mol. The minimum atomic E-state index is -0.596. The molecule has 0 aliphatic heterocycles. The standard InChI is InChI=1S/C17H14BrNO3/c18-13-7-9-16(22-11-17(19)21)14(10-13)15(20)8-6-12-4-2-1-3-5-12/h1-10H,11H2,(H2,19,21)/b8-6+. The van der Waals surface area contributed by atoms with E-state index in [9.17, 15) is 9.59 Å². The number of primary amides is 1. The van der Waals surface area contributed by atoms with Gasteiger partial charge in [-0.1, -0.05) is 52.3 Å². The molecule has 1 amide bonds. The summed E-state index contributed by atoms with van der Waals surface area (Å²) in [6.07, 6.45) is 3.19. The molecule has 0 radical (unpaired) electrons. The van der Waals surface area contributed by atoms with E-state index in [2.05, 4.69) is 15.9 Å². The second kappa shape index (κ2) is 7.56. The van der Waals surface area contributed by atoms with E-state index in [1.54, 1.807) is 24.3 Å². The summed E-state index contributed by atoms with van der Waals surface area (Å²) in [6.45, 7) is -0.274. The Morgan fingerprint density at radius 2 is 1.86 bits per heavy atom. The van der Waals surface area contributed by atoms with E-state index in [0.717, 1.165) is 10.0 Å². The number of carbonyl (C=O) groups excluding carboxylic acids is 2. The molecular formula is C17H14BrNO3. The summed E-state index contributed by atoms with van der Waals surface area (Å²) in [4.78, 5) is 23.2. The zero-order valence-electron chi connectivity index (χ0n) is 11.7. The third kappa shape index (κ3) is 4.56. The first kappa shape index (κ1) is 16.0. The predicted molar refractivity (Wildman–Crippen MR) is 88.6 cm³/mol. The summed E-state index contributed by atoms with van der Waals surface area (Å²) in [5, 5.41) is 0. The third-order valence-electron chi connectivity index (χ3n) is 2.80. The van der Waals surface area contributed by atoms with Gasteiger partial charge in [0.2, 0.25) is 0 Å². The second-order valence-electron chi connectivity index (χ2n) is 4.50. The van der Waals surface area contributed by atoms with Gasteiger partial charge in [-0.15, -0.1) is 0 Å². The van der Waals surface area contributed by atoms with Crippen molar-refractivity contribution in [3.05, 3.63) is 70.2 Å². The van der Waals surface area contributed by atoms with E-state index < -0.39 is 5.91 Å². The molecule has 0 heterocycles. The van der Waals surface area contributed by atoms with Gasteiger partial charge in [-0.25, -0.2) is 0 Å². The molecule has 2 aromatic rings. The fraction of sp³-hybridized carbons (Fsp3) is 0.0588. The zero-order valence-corrected chi connectivity index (χ0v) is 13.2. The van der Waals surface area contributed by atoms with Crippen LogP contribution in [0.25, 0.3) is 6.08 Å². The van der Waals surface area contributed by atoms with Crippen molar-refractivity contribution in [2.75, 3.05) is 6.61 Å². The van der Waals surface area contributed by atoms with Gasteiger partial charge in [0, 0.05) is 4.47 Å². The Bertz CT molecular complexity index is 711. The molecule has 2 N–H and O–H groups in total. The lowest BCUT2D eigenvalue weighted by atomic mass is 10.1. The van der Waals surface area contributed by atoms with Crippen LogP contribution in [0.2, 0.25) is 0 Å². The number of rotatable bonds is 6. The average Bonchev–Trinajstić information content (AvgIpc) is 2.52. The molecule has 0 aliphatic rings. The van der Waals surface area contributed by atoms with Gasteiger partial charge in [-0.05, 0) is 29.8 Å². The van der Waals surface area contributed by atoms with E-state index in [4.69, 9.17) is 10.5 Å². The van der Waals surface area contributed by atoms with Gasteiger partial charge in [0.25, 0.3) is 5.91 Å². The molecule has 0 unspecified atom stereocenters. The number of amides is 1. The number of allylic oxidation sites excluding steroid dienone is 1. The summed E-state index contributed by atoms with van der Waals surface area (Å²) < 4.78 is 6.02. The van der Waals surface area contributed by atoms with Crippen molar-refractivity contribution < 1.29 is 14.3 Å². The fourth-order valence-electron chi connectivity index (χ4n) is 1.80. The van der Waals surface area contributed by atoms with Crippen molar-refractivity contribution in [2.45, 2.75) is 0 Å². The molecule has 2 rings (SSSR count). The normalized spacial score (nSPS) is 10.6. The summed E-state index contributed by atoms with van der Waals surface area (Å²) in [7, 11) is 0. The molecule has 0 bridgehead atoms. The predicted octanol–water partition coefficient (Wildman–Crippen LogP) is 3.21. The summed E-state index contributed by atoms with van der Waals surface area (Å²) in [5.41, 5.74) is 6.34. The van der Waals surface area contributed by atoms with E-state index in [0.29, 0.717) is 11.3 Å². The number of ketones is 1. The Kier molecular flexibility index (Phi) is 5.49. The molecule has 0 aromatic heterocycles. The minimum Gasteiger partial charge on any atom is -0.483 e. The molecule has 0 aliphatic carbocycles. The highest BCUT2D eigenvalue weighted by Gasteiger charge is 2.11. The Balaban J connectivity index is 2.22. The molecule has 112 valence electrons. The van der Waals surface area contributed by atoms with Crippen LogP contribution in [-0.2, 0) is 4.79 Å². The lowest BCUT2D eigenvalue weighted by Gasteiger charge is -2.08. The highest BCUT2D eigenvalue weighted by atomic mass is 79.9. The van der Waals surface area contributed by atoms with Crippen LogP contribution in [0.4, 0.5) is 0 Å². The van der Waals surface area contributed by atoms with E-state index >= 15 is 0 Å². The SMILES string of the molecule is NC(=O)COc1ccc(Br)cc1C(=O)/C=C/c1ccccc1. The molecule has 0 fully saturated rings. The monoisotopic (exact) mass is 359 g/mol. The third-order valence-corrected chi connectivity index (χ3v) is 3.30. The first-order valence-corrected chi connectivity index (χ1v) is 7.33. The lowest BCUT2D eigenvalue weighted by Crippen LogP contribution is -2.20. The fourth-order valence-corrected chi connectivity index (χ4v) is 2.16. The van der Waals surface area contributed by atoms with Crippen molar-refractivity contribution in [1.82, 2.24) is 0 Å². The topological polar surface area (TPSA) is 69.4 Å².